The van der Waals surface area contributed by atoms with Gasteiger partial charge in [-0.1, -0.05) is 32.9 Å². The molecule has 4 heteroatoms. The predicted octanol–water partition coefficient (Wildman–Crippen LogP) is 2.94. The molecule has 1 fully saturated rings. The number of nitrogens with one attached hydrogen (secondary N) is 2. The van der Waals surface area contributed by atoms with Gasteiger partial charge in [-0.2, -0.15) is 0 Å². The molecule has 2 rings (SSSR count). The summed E-state index contributed by atoms with van der Waals surface area (Å²) in [6, 6.07) is 8.84. The Hall–Kier alpha value is -1.00. The summed E-state index contributed by atoms with van der Waals surface area (Å²) in [5.41, 5.74) is 1.50. The van der Waals surface area contributed by atoms with E-state index in [9.17, 15) is 4.79 Å². The van der Waals surface area contributed by atoms with E-state index in [1.165, 1.54) is 5.56 Å². The molecule has 1 saturated heterocycles. The van der Waals surface area contributed by atoms with Crippen LogP contribution in [0.25, 0.3) is 0 Å². The van der Waals surface area contributed by atoms with Crippen LogP contribution in [0.5, 0.6) is 0 Å². The van der Waals surface area contributed by atoms with Crippen molar-refractivity contribution in [3.8, 4) is 0 Å². The summed E-state index contributed by atoms with van der Waals surface area (Å²) in [7, 11) is 0. The highest BCUT2D eigenvalue weighted by atomic mass is 32.2. The van der Waals surface area contributed by atoms with Crippen molar-refractivity contribution in [2.24, 2.45) is 0 Å². The lowest BCUT2D eigenvalue weighted by molar-refractivity contribution is -0.119. The quantitative estimate of drug-likeness (QED) is 0.840. The molecular weight excluding hydrogens is 280 g/mol. The second-order valence-corrected chi connectivity index (χ2v) is 7.72. The minimum absolute atomic E-state index is 0.133. The first-order valence-electron chi connectivity index (χ1n) is 7.68. The maximum absolute atomic E-state index is 12.0. The molecule has 1 aliphatic rings. The molecule has 1 aromatic rings. The van der Waals surface area contributed by atoms with E-state index in [-0.39, 0.29) is 11.3 Å². The zero-order valence-corrected chi connectivity index (χ0v) is 14.1. The van der Waals surface area contributed by atoms with Crippen LogP contribution < -0.4 is 10.6 Å². The number of thioether (sulfide) groups is 1. The second kappa shape index (κ2) is 7.32. The van der Waals surface area contributed by atoms with E-state index in [0.29, 0.717) is 11.8 Å². The number of carbonyl (C=O) groups excluding carboxylic acids is 1. The van der Waals surface area contributed by atoms with Crippen molar-refractivity contribution in [3.63, 3.8) is 0 Å². The van der Waals surface area contributed by atoms with E-state index in [1.54, 1.807) is 11.8 Å². The van der Waals surface area contributed by atoms with Gasteiger partial charge in [-0.3, -0.25) is 4.79 Å². The first-order chi connectivity index (χ1) is 9.95. The Bertz CT molecular complexity index is 459. The van der Waals surface area contributed by atoms with Gasteiger partial charge in [0.25, 0.3) is 0 Å². The molecule has 21 heavy (non-hydrogen) atoms. The Labute approximate surface area is 132 Å². The topological polar surface area (TPSA) is 41.1 Å². The Kier molecular flexibility index (Phi) is 5.71. The number of amides is 1. The van der Waals surface area contributed by atoms with Gasteiger partial charge in [0, 0.05) is 17.5 Å². The molecule has 3 nitrogen and oxygen atoms in total. The first-order valence-corrected chi connectivity index (χ1v) is 8.67. The summed E-state index contributed by atoms with van der Waals surface area (Å²) in [6.07, 6.45) is 2.23. The van der Waals surface area contributed by atoms with Crippen LogP contribution in [0.3, 0.4) is 0 Å². The van der Waals surface area contributed by atoms with E-state index in [0.717, 1.165) is 30.8 Å². The molecule has 1 aliphatic heterocycles. The van der Waals surface area contributed by atoms with Crippen molar-refractivity contribution in [2.75, 3.05) is 18.8 Å². The van der Waals surface area contributed by atoms with Crippen molar-refractivity contribution in [3.05, 3.63) is 29.8 Å². The zero-order chi connectivity index (χ0) is 15.3. The van der Waals surface area contributed by atoms with Crippen LogP contribution in [0, 0.1) is 0 Å². The molecule has 0 spiro atoms. The summed E-state index contributed by atoms with van der Waals surface area (Å²) in [6.45, 7) is 8.60. The lowest BCUT2D eigenvalue weighted by Gasteiger charge is -2.23. The molecule has 2 N–H and O–H groups in total. The summed E-state index contributed by atoms with van der Waals surface area (Å²) in [4.78, 5) is 13.1. The van der Waals surface area contributed by atoms with Crippen LogP contribution >= 0.6 is 11.8 Å². The van der Waals surface area contributed by atoms with Crippen molar-refractivity contribution < 1.29 is 4.79 Å². The Balaban J connectivity index is 1.78. The average molecular weight is 306 g/mol. The van der Waals surface area contributed by atoms with E-state index in [1.807, 2.05) is 0 Å². The minimum atomic E-state index is 0.133. The highest BCUT2D eigenvalue weighted by Gasteiger charge is 2.16. The van der Waals surface area contributed by atoms with Crippen LogP contribution in [0.1, 0.15) is 39.2 Å². The lowest BCUT2D eigenvalue weighted by atomic mass is 9.87. The van der Waals surface area contributed by atoms with Gasteiger partial charge in [-0.25, -0.2) is 0 Å². The fraction of sp³-hybridized carbons (Fsp3) is 0.588. The fourth-order valence-electron chi connectivity index (χ4n) is 2.44. The molecule has 0 aliphatic carbocycles. The molecule has 0 radical (unpaired) electrons. The maximum atomic E-state index is 12.0. The van der Waals surface area contributed by atoms with E-state index in [4.69, 9.17) is 0 Å². The third-order valence-corrected chi connectivity index (χ3v) is 4.76. The average Bonchev–Trinajstić information content (AvgIpc) is 2.46. The van der Waals surface area contributed by atoms with E-state index in [2.05, 4.69) is 55.7 Å². The SMILES string of the molecule is CC(C)(C)c1ccc(SCC(=O)N[C@H]2CCCNC2)cc1. The summed E-state index contributed by atoms with van der Waals surface area (Å²) < 4.78 is 0. The Morgan fingerprint density at radius 2 is 2.05 bits per heavy atom. The van der Waals surface area contributed by atoms with Crippen molar-refractivity contribution in [1.29, 1.82) is 0 Å². The number of carbonyl (C=O) groups is 1. The molecule has 0 bridgehead atoms. The van der Waals surface area contributed by atoms with Crippen LogP contribution in [0.15, 0.2) is 29.2 Å². The van der Waals surface area contributed by atoms with Crippen molar-refractivity contribution in [1.82, 2.24) is 10.6 Å². The molecule has 1 amide bonds. The molecule has 1 heterocycles. The monoisotopic (exact) mass is 306 g/mol. The van der Waals surface area contributed by atoms with Gasteiger partial charge < -0.3 is 10.6 Å². The van der Waals surface area contributed by atoms with Gasteiger partial charge in [0.15, 0.2) is 0 Å². The van der Waals surface area contributed by atoms with Gasteiger partial charge >= 0.3 is 0 Å². The number of rotatable bonds is 4. The third-order valence-electron chi connectivity index (χ3n) is 3.75. The Morgan fingerprint density at radius 1 is 1.33 bits per heavy atom. The normalized spacial score (nSPS) is 19.3. The largest absolute Gasteiger partial charge is 0.351 e. The summed E-state index contributed by atoms with van der Waals surface area (Å²) in [5, 5.41) is 6.42. The number of hydrogen-bond acceptors (Lipinski definition) is 3. The zero-order valence-electron chi connectivity index (χ0n) is 13.2. The predicted molar refractivity (Wildman–Crippen MR) is 89.9 cm³/mol. The molecule has 0 unspecified atom stereocenters. The molecule has 1 aromatic carbocycles. The van der Waals surface area contributed by atoms with Gasteiger partial charge in [0.2, 0.25) is 5.91 Å². The van der Waals surface area contributed by atoms with Crippen LogP contribution in [0.2, 0.25) is 0 Å². The van der Waals surface area contributed by atoms with Crippen LogP contribution in [0.4, 0.5) is 0 Å². The lowest BCUT2D eigenvalue weighted by Crippen LogP contribution is -2.46. The molecular formula is C17H26N2OS. The van der Waals surface area contributed by atoms with E-state index < -0.39 is 0 Å². The Morgan fingerprint density at radius 3 is 2.62 bits per heavy atom. The molecule has 0 aromatic heterocycles. The highest BCUT2D eigenvalue weighted by Crippen LogP contribution is 2.25. The molecule has 0 saturated carbocycles. The summed E-state index contributed by atoms with van der Waals surface area (Å²) in [5.74, 6) is 0.624. The number of hydrogen-bond donors (Lipinski definition) is 2. The number of benzene rings is 1. The van der Waals surface area contributed by atoms with Gasteiger partial charge in [0.1, 0.15) is 0 Å². The van der Waals surface area contributed by atoms with Crippen molar-refractivity contribution >= 4 is 17.7 Å². The first kappa shape index (κ1) is 16.4. The highest BCUT2D eigenvalue weighted by molar-refractivity contribution is 8.00. The molecule has 1 atom stereocenters. The van der Waals surface area contributed by atoms with Crippen LogP contribution in [-0.4, -0.2) is 30.8 Å². The maximum Gasteiger partial charge on any atom is 0.230 e. The van der Waals surface area contributed by atoms with Gasteiger partial charge in [0.05, 0.1) is 5.75 Å². The van der Waals surface area contributed by atoms with Crippen molar-refractivity contribution in [2.45, 2.75) is 50.0 Å². The third kappa shape index (κ3) is 5.36. The number of piperidine rings is 1. The second-order valence-electron chi connectivity index (χ2n) is 6.67. The standard InChI is InChI=1S/C17H26N2OS/c1-17(2,3)13-6-8-15(9-7-13)21-12-16(20)19-14-5-4-10-18-11-14/h6-9,14,18H,4-5,10-12H2,1-3H3,(H,19,20)/t14-/m0/s1. The fourth-order valence-corrected chi connectivity index (χ4v) is 3.15. The summed E-state index contributed by atoms with van der Waals surface area (Å²) >= 11 is 1.60. The molecule has 116 valence electrons. The van der Waals surface area contributed by atoms with Gasteiger partial charge in [-0.05, 0) is 42.5 Å². The van der Waals surface area contributed by atoms with E-state index >= 15 is 0 Å². The van der Waals surface area contributed by atoms with Crippen LogP contribution in [-0.2, 0) is 10.2 Å². The van der Waals surface area contributed by atoms with Gasteiger partial charge in [-0.15, -0.1) is 11.8 Å². The smallest absolute Gasteiger partial charge is 0.230 e. The minimum Gasteiger partial charge on any atom is -0.351 e.